The number of phenols is 1. The zero-order valence-electron chi connectivity index (χ0n) is 9.57. The second-order valence-corrected chi connectivity index (χ2v) is 3.43. The molecule has 1 aromatic carbocycles. The predicted molar refractivity (Wildman–Crippen MR) is 60.6 cm³/mol. The quantitative estimate of drug-likeness (QED) is 0.705. The molecule has 1 aromatic rings. The highest BCUT2D eigenvalue weighted by Crippen LogP contribution is 2.21. The highest BCUT2D eigenvalue weighted by molar-refractivity contribution is 5.36. The first kappa shape index (κ1) is 13.9. The monoisotopic (exact) mass is 212 g/mol. The van der Waals surface area contributed by atoms with Gasteiger partial charge in [0, 0.05) is 5.56 Å². The summed E-state index contributed by atoms with van der Waals surface area (Å²) in [4.78, 5) is 0. The summed E-state index contributed by atoms with van der Waals surface area (Å²) in [7, 11) is 0. The summed E-state index contributed by atoms with van der Waals surface area (Å²) < 4.78 is 0. The van der Waals surface area contributed by atoms with Gasteiger partial charge in [-0.25, -0.2) is 0 Å². The van der Waals surface area contributed by atoms with E-state index in [2.05, 4.69) is 13.8 Å². The third kappa shape index (κ3) is 4.81. The summed E-state index contributed by atoms with van der Waals surface area (Å²) >= 11 is 0. The van der Waals surface area contributed by atoms with Gasteiger partial charge in [0.05, 0.1) is 12.7 Å². The van der Waals surface area contributed by atoms with Crippen LogP contribution in [0.2, 0.25) is 0 Å². The Hall–Kier alpha value is -1.06. The Labute approximate surface area is 91.0 Å². The smallest absolute Gasteiger partial charge is 0.121 e. The lowest BCUT2D eigenvalue weighted by molar-refractivity contribution is 0.198. The Kier molecular flexibility index (Phi) is 6.75. The van der Waals surface area contributed by atoms with E-state index in [4.69, 9.17) is 5.11 Å². The van der Waals surface area contributed by atoms with Crippen LogP contribution in [-0.2, 0) is 6.61 Å². The van der Waals surface area contributed by atoms with Crippen LogP contribution in [0.5, 0.6) is 5.75 Å². The van der Waals surface area contributed by atoms with Crippen molar-refractivity contribution in [3.05, 3.63) is 29.3 Å². The Balaban J connectivity index is 0.000000583. The van der Waals surface area contributed by atoms with Crippen molar-refractivity contribution in [3.8, 4) is 5.75 Å². The highest BCUT2D eigenvalue weighted by Gasteiger charge is 2.04. The van der Waals surface area contributed by atoms with E-state index in [1.807, 2.05) is 0 Å². The van der Waals surface area contributed by atoms with Crippen molar-refractivity contribution in [1.29, 1.82) is 0 Å². The van der Waals surface area contributed by atoms with E-state index in [1.165, 1.54) is 12.5 Å². The van der Waals surface area contributed by atoms with Gasteiger partial charge in [-0.1, -0.05) is 26.3 Å². The summed E-state index contributed by atoms with van der Waals surface area (Å²) in [5, 5.41) is 27.1. The van der Waals surface area contributed by atoms with Gasteiger partial charge in [0.15, 0.2) is 0 Å². The van der Waals surface area contributed by atoms with Crippen LogP contribution in [-0.4, -0.2) is 15.3 Å². The fourth-order valence-electron chi connectivity index (χ4n) is 0.992. The van der Waals surface area contributed by atoms with Crippen LogP contribution in [0.25, 0.3) is 0 Å². The third-order valence-electron chi connectivity index (χ3n) is 1.76. The van der Waals surface area contributed by atoms with E-state index in [0.29, 0.717) is 11.1 Å². The Morgan fingerprint density at radius 3 is 2.20 bits per heavy atom. The average Bonchev–Trinajstić information content (AvgIpc) is 2.19. The summed E-state index contributed by atoms with van der Waals surface area (Å²) in [5.41, 5.74) is 1.13. The fraction of sp³-hybridized carbons (Fsp3) is 0.500. The van der Waals surface area contributed by atoms with Crippen molar-refractivity contribution in [2.24, 2.45) is 0 Å². The molecule has 0 aromatic heterocycles. The normalized spacial score (nSPS) is 11.5. The topological polar surface area (TPSA) is 60.7 Å². The number of benzene rings is 1. The molecule has 1 atom stereocenters. The van der Waals surface area contributed by atoms with E-state index in [1.54, 1.807) is 19.1 Å². The summed E-state index contributed by atoms with van der Waals surface area (Å²) in [5.74, 6) is 0.0573. The van der Waals surface area contributed by atoms with Crippen molar-refractivity contribution in [3.63, 3.8) is 0 Å². The highest BCUT2D eigenvalue weighted by atomic mass is 16.3. The first-order valence-corrected chi connectivity index (χ1v) is 5.17. The van der Waals surface area contributed by atoms with Gasteiger partial charge in [0.25, 0.3) is 0 Å². The largest absolute Gasteiger partial charge is 0.508 e. The zero-order chi connectivity index (χ0) is 11.8. The molecular weight excluding hydrogens is 192 g/mol. The molecule has 15 heavy (non-hydrogen) atoms. The molecule has 3 nitrogen and oxygen atoms in total. The van der Waals surface area contributed by atoms with E-state index in [0.717, 1.165) is 0 Å². The lowest BCUT2D eigenvalue weighted by Gasteiger charge is -2.07. The van der Waals surface area contributed by atoms with Crippen molar-refractivity contribution in [1.82, 2.24) is 0 Å². The summed E-state index contributed by atoms with van der Waals surface area (Å²) in [6, 6.07) is 4.67. The van der Waals surface area contributed by atoms with Crippen molar-refractivity contribution in [2.45, 2.75) is 39.9 Å². The molecule has 3 heteroatoms. The standard InChI is InChI=1S/C9H12O3.C3H8/c1-6(11)7-2-3-9(12)8(4-7)5-10;1-3-2/h2-4,6,10-12H,5H2,1H3;3H2,1-2H3. The molecule has 0 heterocycles. The van der Waals surface area contributed by atoms with Crippen LogP contribution in [0, 0.1) is 0 Å². The molecule has 3 N–H and O–H groups in total. The number of hydrogen-bond acceptors (Lipinski definition) is 3. The molecule has 0 aliphatic rings. The van der Waals surface area contributed by atoms with Gasteiger partial charge in [0.1, 0.15) is 5.75 Å². The van der Waals surface area contributed by atoms with Gasteiger partial charge in [-0.3, -0.25) is 0 Å². The number of aromatic hydroxyl groups is 1. The van der Waals surface area contributed by atoms with E-state index >= 15 is 0 Å². The molecule has 0 saturated carbocycles. The Morgan fingerprint density at radius 1 is 1.27 bits per heavy atom. The predicted octanol–water partition coefficient (Wildman–Crippen LogP) is 2.35. The number of aliphatic hydroxyl groups is 2. The molecule has 0 aliphatic heterocycles. The Morgan fingerprint density at radius 2 is 1.80 bits per heavy atom. The third-order valence-corrected chi connectivity index (χ3v) is 1.76. The maximum atomic E-state index is 9.18. The van der Waals surface area contributed by atoms with Crippen LogP contribution in [0.1, 0.15) is 44.4 Å². The molecule has 0 bridgehead atoms. The van der Waals surface area contributed by atoms with Crippen LogP contribution in [0.15, 0.2) is 18.2 Å². The molecule has 86 valence electrons. The lowest BCUT2D eigenvalue weighted by atomic mass is 10.1. The fourth-order valence-corrected chi connectivity index (χ4v) is 0.992. The molecular formula is C12H20O3. The molecule has 1 rings (SSSR count). The van der Waals surface area contributed by atoms with Gasteiger partial charge in [-0.2, -0.15) is 0 Å². The van der Waals surface area contributed by atoms with Crippen molar-refractivity contribution < 1.29 is 15.3 Å². The average molecular weight is 212 g/mol. The summed E-state index contributed by atoms with van der Waals surface area (Å²) in [6.07, 6.45) is 0.677. The van der Waals surface area contributed by atoms with Gasteiger partial charge in [-0.15, -0.1) is 0 Å². The second kappa shape index (κ2) is 7.26. The van der Waals surface area contributed by atoms with Crippen molar-refractivity contribution in [2.75, 3.05) is 0 Å². The maximum absolute atomic E-state index is 9.18. The molecule has 0 radical (unpaired) electrons. The molecule has 0 fully saturated rings. The first-order valence-electron chi connectivity index (χ1n) is 5.17. The minimum Gasteiger partial charge on any atom is -0.508 e. The number of hydrogen-bond donors (Lipinski definition) is 3. The van der Waals surface area contributed by atoms with Crippen molar-refractivity contribution >= 4 is 0 Å². The Bertz CT molecular complexity index is 282. The second-order valence-electron chi connectivity index (χ2n) is 3.43. The van der Waals surface area contributed by atoms with Crippen LogP contribution in [0.4, 0.5) is 0 Å². The number of rotatable bonds is 2. The molecule has 0 amide bonds. The zero-order valence-corrected chi connectivity index (χ0v) is 9.57. The molecule has 0 saturated heterocycles. The van der Waals surface area contributed by atoms with Crippen LogP contribution in [0.3, 0.4) is 0 Å². The van der Waals surface area contributed by atoms with E-state index in [-0.39, 0.29) is 12.4 Å². The van der Waals surface area contributed by atoms with Gasteiger partial charge < -0.3 is 15.3 Å². The molecule has 1 unspecified atom stereocenters. The minimum absolute atomic E-state index is 0.0573. The number of aliphatic hydroxyl groups excluding tert-OH is 2. The summed E-state index contributed by atoms with van der Waals surface area (Å²) in [6.45, 7) is 5.67. The lowest BCUT2D eigenvalue weighted by Crippen LogP contribution is -1.93. The molecule has 0 spiro atoms. The minimum atomic E-state index is -0.573. The SMILES string of the molecule is CC(O)c1ccc(O)c(CO)c1.CCC. The van der Waals surface area contributed by atoms with Gasteiger partial charge in [0.2, 0.25) is 0 Å². The van der Waals surface area contributed by atoms with Crippen LogP contribution >= 0.6 is 0 Å². The van der Waals surface area contributed by atoms with E-state index < -0.39 is 6.10 Å². The van der Waals surface area contributed by atoms with E-state index in [9.17, 15) is 10.2 Å². The first-order chi connectivity index (χ1) is 7.06. The van der Waals surface area contributed by atoms with Crippen LogP contribution < -0.4 is 0 Å². The van der Waals surface area contributed by atoms with Gasteiger partial charge >= 0.3 is 0 Å². The maximum Gasteiger partial charge on any atom is 0.121 e. The van der Waals surface area contributed by atoms with Gasteiger partial charge in [-0.05, 0) is 24.6 Å². The molecule has 0 aliphatic carbocycles.